The minimum atomic E-state index is 0.361. The maximum Gasteiger partial charge on any atom is 0.0795 e. The molecule has 0 spiro atoms. The molecule has 1 N–H and O–H groups in total. The van der Waals surface area contributed by atoms with Crippen molar-refractivity contribution in [2.45, 2.75) is 25.3 Å². The van der Waals surface area contributed by atoms with Crippen molar-refractivity contribution in [3.05, 3.63) is 16.6 Å². The van der Waals surface area contributed by atoms with Crippen molar-refractivity contribution >= 4 is 11.3 Å². The number of hydrogen-bond donors (Lipinski definition) is 1. The van der Waals surface area contributed by atoms with Gasteiger partial charge in [-0.2, -0.15) is 0 Å². The van der Waals surface area contributed by atoms with Gasteiger partial charge in [0.15, 0.2) is 0 Å². The summed E-state index contributed by atoms with van der Waals surface area (Å²) in [5.74, 6) is 2.65. The zero-order valence-corrected chi connectivity index (χ0v) is 8.60. The minimum Gasteiger partial charge on any atom is -0.312 e. The lowest BCUT2D eigenvalue weighted by Crippen LogP contribution is -2.16. The first-order valence-electron chi connectivity index (χ1n) is 4.37. The Kier molecular flexibility index (Phi) is 4.52. The standard InChI is InChI=1S/C10H14N2S/c1-3-4-5-6-9(11-2)10-7-13-8-12-10/h1,7-9,11H,4-6H2,2H3. The third-order valence-electron chi connectivity index (χ3n) is 1.97. The Morgan fingerprint density at radius 3 is 3.15 bits per heavy atom. The maximum absolute atomic E-state index is 5.19. The van der Waals surface area contributed by atoms with Crippen molar-refractivity contribution in [2.75, 3.05) is 7.05 Å². The summed E-state index contributed by atoms with van der Waals surface area (Å²) < 4.78 is 0. The summed E-state index contributed by atoms with van der Waals surface area (Å²) in [6.07, 6.45) is 8.16. The van der Waals surface area contributed by atoms with Gasteiger partial charge in [0.1, 0.15) is 0 Å². The number of hydrogen-bond acceptors (Lipinski definition) is 3. The van der Waals surface area contributed by atoms with Gasteiger partial charge in [0.2, 0.25) is 0 Å². The van der Waals surface area contributed by atoms with Gasteiger partial charge in [-0.05, 0) is 19.9 Å². The highest BCUT2D eigenvalue weighted by atomic mass is 32.1. The zero-order chi connectivity index (χ0) is 9.52. The van der Waals surface area contributed by atoms with Crippen LogP contribution in [0.4, 0.5) is 0 Å². The van der Waals surface area contributed by atoms with Crippen molar-refractivity contribution in [2.24, 2.45) is 0 Å². The van der Waals surface area contributed by atoms with Gasteiger partial charge in [0.05, 0.1) is 17.2 Å². The van der Waals surface area contributed by atoms with Gasteiger partial charge in [-0.25, -0.2) is 4.98 Å². The molecule has 13 heavy (non-hydrogen) atoms. The first kappa shape index (κ1) is 10.2. The Bertz CT molecular complexity index is 261. The third kappa shape index (κ3) is 3.17. The van der Waals surface area contributed by atoms with Crippen LogP contribution in [0, 0.1) is 12.3 Å². The van der Waals surface area contributed by atoms with E-state index >= 15 is 0 Å². The van der Waals surface area contributed by atoms with Crippen LogP contribution in [0.15, 0.2) is 10.9 Å². The summed E-state index contributed by atoms with van der Waals surface area (Å²) in [6.45, 7) is 0. The van der Waals surface area contributed by atoms with Gasteiger partial charge >= 0.3 is 0 Å². The summed E-state index contributed by atoms with van der Waals surface area (Å²) in [6, 6.07) is 0.361. The second kappa shape index (κ2) is 5.74. The summed E-state index contributed by atoms with van der Waals surface area (Å²) in [5.41, 5.74) is 2.99. The van der Waals surface area contributed by atoms with E-state index in [4.69, 9.17) is 6.42 Å². The monoisotopic (exact) mass is 194 g/mol. The number of nitrogens with one attached hydrogen (secondary N) is 1. The number of thiazole rings is 1. The van der Waals surface area contributed by atoms with Crippen molar-refractivity contribution in [3.63, 3.8) is 0 Å². The second-order valence-corrected chi connectivity index (χ2v) is 3.57. The molecule has 1 aromatic heterocycles. The molecule has 0 aliphatic heterocycles. The summed E-state index contributed by atoms with van der Waals surface area (Å²) in [7, 11) is 1.96. The Morgan fingerprint density at radius 2 is 2.62 bits per heavy atom. The van der Waals surface area contributed by atoms with E-state index in [1.807, 2.05) is 12.6 Å². The van der Waals surface area contributed by atoms with E-state index in [1.54, 1.807) is 11.3 Å². The fraction of sp³-hybridized carbons (Fsp3) is 0.500. The first-order valence-corrected chi connectivity index (χ1v) is 5.31. The fourth-order valence-electron chi connectivity index (χ4n) is 1.24. The summed E-state index contributed by atoms with van der Waals surface area (Å²) >= 11 is 1.63. The van der Waals surface area contributed by atoms with Crippen LogP contribution in [0.3, 0.4) is 0 Å². The Labute approximate surface area is 83.4 Å². The van der Waals surface area contributed by atoms with Crippen LogP contribution in [0.5, 0.6) is 0 Å². The lowest BCUT2D eigenvalue weighted by atomic mass is 10.1. The fourth-order valence-corrected chi connectivity index (χ4v) is 1.85. The SMILES string of the molecule is C#CCCCC(NC)c1cscn1. The molecule has 1 unspecified atom stereocenters. The van der Waals surface area contributed by atoms with Crippen molar-refractivity contribution in [3.8, 4) is 12.3 Å². The smallest absolute Gasteiger partial charge is 0.0795 e. The van der Waals surface area contributed by atoms with Gasteiger partial charge in [-0.15, -0.1) is 23.7 Å². The van der Waals surface area contributed by atoms with E-state index < -0.39 is 0 Å². The average molecular weight is 194 g/mol. The molecular weight excluding hydrogens is 180 g/mol. The Hall–Kier alpha value is -0.850. The molecule has 70 valence electrons. The van der Waals surface area contributed by atoms with Gasteiger partial charge in [0.25, 0.3) is 0 Å². The average Bonchev–Trinajstić information content (AvgIpc) is 2.65. The highest BCUT2D eigenvalue weighted by molar-refractivity contribution is 7.07. The molecular formula is C10H14N2S. The largest absolute Gasteiger partial charge is 0.312 e. The number of terminal acetylenes is 1. The molecule has 0 amide bonds. The van der Waals surface area contributed by atoms with Crippen LogP contribution in [0.1, 0.15) is 31.0 Å². The van der Waals surface area contributed by atoms with Gasteiger partial charge in [0, 0.05) is 11.8 Å². The minimum absolute atomic E-state index is 0.361. The lowest BCUT2D eigenvalue weighted by molar-refractivity contribution is 0.522. The van der Waals surface area contributed by atoms with Crippen molar-refractivity contribution in [1.82, 2.24) is 10.3 Å². The van der Waals surface area contributed by atoms with E-state index in [0.29, 0.717) is 6.04 Å². The quantitative estimate of drug-likeness (QED) is 0.574. The molecule has 0 aliphatic rings. The maximum atomic E-state index is 5.19. The Morgan fingerprint density at radius 1 is 1.77 bits per heavy atom. The van der Waals surface area contributed by atoms with Gasteiger partial charge < -0.3 is 5.32 Å². The molecule has 0 bridgehead atoms. The third-order valence-corrected chi connectivity index (χ3v) is 2.58. The van der Waals surface area contributed by atoms with Crippen LogP contribution in [0.25, 0.3) is 0 Å². The number of rotatable bonds is 5. The number of aromatic nitrogens is 1. The molecule has 0 aliphatic carbocycles. The van der Waals surface area contributed by atoms with Gasteiger partial charge in [-0.3, -0.25) is 0 Å². The summed E-state index contributed by atoms with van der Waals surface area (Å²) in [5, 5.41) is 5.32. The molecule has 3 heteroatoms. The van der Waals surface area contributed by atoms with Crippen LogP contribution >= 0.6 is 11.3 Å². The molecule has 0 saturated heterocycles. The highest BCUT2D eigenvalue weighted by Gasteiger charge is 2.09. The van der Waals surface area contributed by atoms with E-state index in [0.717, 1.165) is 25.0 Å². The second-order valence-electron chi connectivity index (χ2n) is 2.85. The van der Waals surface area contributed by atoms with E-state index in [9.17, 15) is 0 Å². The van der Waals surface area contributed by atoms with Crippen molar-refractivity contribution < 1.29 is 0 Å². The van der Waals surface area contributed by atoms with Crippen LogP contribution in [0.2, 0.25) is 0 Å². The zero-order valence-electron chi connectivity index (χ0n) is 7.79. The molecule has 1 aromatic rings. The molecule has 0 radical (unpaired) electrons. The van der Waals surface area contributed by atoms with Crippen LogP contribution in [-0.4, -0.2) is 12.0 Å². The van der Waals surface area contributed by atoms with E-state index in [1.165, 1.54) is 0 Å². The highest BCUT2D eigenvalue weighted by Crippen LogP contribution is 2.18. The number of unbranched alkanes of at least 4 members (excludes halogenated alkanes) is 1. The Balaban J connectivity index is 2.41. The molecule has 2 nitrogen and oxygen atoms in total. The molecule has 1 heterocycles. The predicted octanol–water partition coefficient (Wildman–Crippen LogP) is 2.21. The lowest BCUT2D eigenvalue weighted by Gasteiger charge is -2.12. The van der Waals surface area contributed by atoms with Crippen LogP contribution in [-0.2, 0) is 0 Å². The first-order chi connectivity index (χ1) is 6.38. The van der Waals surface area contributed by atoms with Gasteiger partial charge in [-0.1, -0.05) is 0 Å². The molecule has 0 aromatic carbocycles. The molecule has 0 saturated carbocycles. The van der Waals surface area contributed by atoms with E-state index in [-0.39, 0.29) is 0 Å². The molecule has 1 rings (SSSR count). The van der Waals surface area contributed by atoms with E-state index in [2.05, 4.69) is 21.6 Å². The molecule has 1 atom stereocenters. The number of nitrogens with zero attached hydrogens (tertiary/aromatic N) is 1. The van der Waals surface area contributed by atoms with Crippen LogP contribution < -0.4 is 5.32 Å². The summed E-state index contributed by atoms with van der Waals surface area (Å²) in [4.78, 5) is 4.27. The van der Waals surface area contributed by atoms with Crippen molar-refractivity contribution in [1.29, 1.82) is 0 Å². The molecule has 0 fully saturated rings. The predicted molar refractivity (Wildman–Crippen MR) is 56.6 cm³/mol. The normalized spacial score (nSPS) is 12.3. The topological polar surface area (TPSA) is 24.9 Å².